The van der Waals surface area contributed by atoms with E-state index in [1.165, 1.54) is 25.7 Å². The van der Waals surface area contributed by atoms with Crippen molar-refractivity contribution in [1.82, 2.24) is 0 Å². The Morgan fingerprint density at radius 2 is 1.03 bits per heavy atom. The van der Waals surface area contributed by atoms with E-state index in [-0.39, 0.29) is 6.42 Å². The summed E-state index contributed by atoms with van der Waals surface area (Å²) in [5.41, 5.74) is 0. The summed E-state index contributed by atoms with van der Waals surface area (Å²) < 4.78 is 49.6. The van der Waals surface area contributed by atoms with Gasteiger partial charge in [0.05, 0.1) is 0 Å². The maximum absolute atomic E-state index is 17.3. The monoisotopic (exact) mass is 530 g/mol. The van der Waals surface area contributed by atoms with Crippen molar-refractivity contribution in [1.29, 1.82) is 0 Å². The molecular formula is C30H40FO3PS. The fraction of sp³-hybridized carbons (Fsp3) is 0.400. The van der Waals surface area contributed by atoms with E-state index in [9.17, 15) is 8.42 Å². The predicted molar refractivity (Wildman–Crippen MR) is 153 cm³/mol. The molecule has 0 aliphatic heterocycles. The van der Waals surface area contributed by atoms with Crippen molar-refractivity contribution < 1.29 is 16.8 Å². The van der Waals surface area contributed by atoms with Crippen LogP contribution in [0.25, 0.3) is 0 Å². The van der Waals surface area contributed by atoms with E-state index in [1.54, 1.807) is 0 Å². The van der Waals surface area contributed by atoms with Crippen LogP contribution >= 0.6 is 6.83 Å². The molecule has 0 bridgehead atoms. The van der Waals surface area contributed by atoms with Crippen LogP contribution in [0.15, 0.2) is 91.0 Å². The number of halogens is 1. The van der Waals surface area contributed by atoms with Crippen molar-refractivity contribution in [2.45, 2.75) is 70.6 Å². The van der Waals surface area contributed by atoms with E-state index < -0.39 is 22.9 Å². The molecule has 3 rings (SSSR count). The van der Waals surface area contributed by atoms with E-state index in [0.29, 0.717) is 22.3 Å². The Morgan fingerprint density at radius 1 is 0.667 bits per heavy atom. The van der Waals surface area contributed by atoms with E-state index in [2.05, 4.69) is 6.92 Å². The van der Waals surface area contributed by atoms with Crippen LogP contribution in [0.2, 0.25) is 0 Å². The summed E-state index contributed by atoms with van der Waals surface area (Å²) in [6, 6.07) is 27.5. The van der Waals surface area contributed by atoms with Gasteiger partial charge in [0.1, 0.15) is 0 Å². The van der Waals surface area contributed by atoms with Gasteiger partial charge in [-0.25, -0.2) is 0 Å². The van der Waals surface area contributed by atoms with Crippen LogP contribution in [0.5, 0.6) is 0 Å². The molecule has 0 amide bonds. The molecule has 1 unspecified atom stereocenters. The zero-order valence-electron chi connectivity index (χ0n) is 21.6. The molecule has 0 aromatic heterocycles. The fourth-order valence-corrected chi connectivity index (χ4v) is 13.7. The second kappa shape index (κ2) is 12.9. The van der Waals surface area contributed by atoms with Gasteiger partial charge in [0.15, 0.2) is 0 Å². The van der Waals surface area contributed by atoms with Crippen molar-refractivity contribution in [2.75, 3.05) is 6.26 Å². The first-order valence-corrected chi connectivity index (χ1v) is 17.1. The molecule has 6 heteroatoms. The average Bonchev–Trinajstić information content (AvgIpc) is 2.90. The molecular weight excluding hydrogens is 490 g/mol. The zero-order chi connectivity index (χ0) is 25.9. The molecule has 0 aliphatic carbocycles. The van der Waals surface area contributed by atoms with Gasteiger partial charge < -0.3 is 0 Å². The molecule has 0 radical (unpaired) electrons. The quantitative estimate of drug-likeness (QED) is 0.154. The van der Waals surface area contributed by atoms with Crippen LogP contribution in [-0.2, 0) is 14.1 Å². The number of hydrogen-bond donors (Lipinski definition) is 0. The molecule has 3 nitrogen and oxygen atoms in total. The van der Waals surface area contributed by atoms with Crippen LogP contribution in [0.1, 0.15) is 64.7 Å². The zero-order valence-corrected chi connectivity index (χ0v) is 23.3. The Kier molecular flexibility index (Phi) is 10.2. The van der Waals surface area contributed by atoms with Gasteiger partial charge in [0.2, 0.25) is 0 Å². The summed E-state index contributed by atoms with van der Waals surface area (Å²) >= 11 is 0. The van der Waals surface area contributed by atoms with Gasteiger partial charge in [-0.2, -0.15) is 0 Å². The number of rotatable bonds is 15. The minimum atomic E-state index is -4.58. The van der Waals surface area contributed by atoms with Gasteiger partial charge in [0.25, 0.3) is 0 Å². The molecule has 1 atom stereocenters. The van der Waals surface area contributed by atoms with Crippen LogP contribution < -0.4 is 15.9 Å². The van der Waals surface area contributed by atoms with Gasteiger partial charge in [0, 0.05) is 0 Å². The molecule has 3 aromatic rings. The Bertz CT molecular complexity index is 1060. The van der Waals surface area contributed by atoms with Crippen LogP contribution in [0.3, 0.4) is 0 Å². The standard InChI is InChI=1S/C30H40FO3PS/c1-3-4-5-6-7-8-9-19-26-30(31)35(34-36(2,32)33,27-20-13-10-14-21-27,28-22-15-11-16-23-28)29-24-17-12-18-25-29/h10-18,20-25,30H,3-9,19,26H2,1-2H3. The third-order valence-electron chi connectivity index (χ3n) is 6.93. The fourth-order valence-electron chi connectivity index (χ4n) is 5.25. The predicted octanol–water partition coefficient (Wildman–Crippen LogP) is 7.23. The topological polar surface area (TPSA) is 43.4 Å². The summed E-state index contributed by atoms with van der Waals surface area (Å²) in [6.45, 7) is -2.38. The van der Waals surface area contributed by atoms with Gasteiger partial charge in [-0.15, -0.1) is 0 Å². The molecule has 0 saturated heterocycles. The van der Waals surface area contributed by atoms with E-state index in [1.807, 2.05) is 91.0 Å². The second-order valence-electron chi connectivity index (χ2n) is 9.59. The van der Waals surface area contributed by atoms with Crippen molar-refractivity contribution in [2.24, 2.45) is 0 Å². The van der Waals surface area contributed by atoms with Crippen molar-refractivity contribution >= 4 is 32.9 Å². The molecule has 0 N–H and O–H groups in total. The van der Waals surface area contributed by atoms with Gasteiger partial charge in [-0.3, -0.25) is 0 Å². The first-order valence-electron chi connectivity index (χ1n) is 13.1. The first-order chi connectivity index (χ1) is 17.3. The van der Waals surface area contributed by atoms with Crippen molar-refractivity contribution in [3.8, 4) is 0 Å². The van der Waals surface area contributed by atoms with E-state index in [0.717, 1.165) is 25.5 Å². The molecule has 0 spiro atoms. The van der Waals surface area contributed by atoms with Gasteiger partial charge in [-0.05, 0) is 0 Å². The number of hydrogen-bond acceptors (Lipinski definition) is 3. The second-order valence-corrected chi connectivity index (χ2v) is 15.9. The van der Waals surface area contributed by atoms with Crippen LogP contribution in [0, 0.1) is 0 Å². The SMILES string of the molecule is CCCCCCCCCCC(F)P(OS(C)(=O)=O)(c1ccccc1)(c1ccccc1)c1ccccc1. The normalized spacial score (nSPS) is 14.1. The summed E-state index contributed by atoms with van der Waals surface area (Å²) in [7, 11) is -4.06. The molecule has 0 saturated carbocycles. The number of unbranched alkanes of at least 4 members (excludes halogenated alkanes) is 7. The molecule has 196 valence electrons. The Labute approximate surface area is 217 Å². The van der Waals surface area contributed by atoms with Crippen molar-refractivity contribution in [3.63, 3.8) is 0 Å². The molecule has 3 aromatic carbocycles. The number of benzene rings is 3. The third-order valence-corrected chi connectivity index (χ3v) is 14.5. The van der Waals surface area contributed by atoms with Crippen LogP contribution in [0.4, 0.5) is 4.39 Å². The molecule has 0 aliphatic rings. The van der Waals surface area contributed by atoms with Gasteiger partial charge in [-0.1, -0.05) is 0 Å². The summed E-state index contributed by atoms with van der Waals surface area (Å²) in [6.07, 6.45) is 9.98. The van der Waals surface area contributed by atoms with E-state index in [4.69, 9.17) is 3.97 Å². The number of alkyl halides is 1. The third kappa shape index (κ3) is 6.07. The molecule has 36 heavy (non-hydrogen) atoms. The van der Waals surface area contributed by atoms with E-state index >= 15 is 4.39 Å². The maximum atomic E-state index is 17.3. The summed E-state index contributed by atoms with van der Waals surface area (Å²) in [4.78, 5) is 0. The molecule has 0 heterocycles. The Hall–Kier alpha value is -2.07. The summed E-state index contributed by atoms with van der Waals surface area (Å²) in [5, 5.41) is 1.75. The molecule has 0 fully saturated rings. The van der Waals surface area contributed by atoms with Gasteiger partial charge >= 0.3 is 218 Å². The van der Waals surface area contributed by atoms with Crippen LogP contribution in [-0.4, -0.2) is 20.6 Å². The summed E-state index contributed by atoms with van der Waals surface area (Å²) in [5.74, 6) is -1.53. The Balaban J connectivity index is 2.13. The first kappa shape index (κ1) is 28.5. The van der Waals surface area contributed by atoms with Crippen molar-refractivity contribution in [3.05, 3.63) is 91.0 Å². The average molecular weight is 531 g/mol. The Morgan fingerprint density at radius 3 is 1.39 bits per heavy atom. The minimum absolute atomic E-state index is 0.223.